The standard InChI is InChI=1S/C4H10ClNS/c1-4(2)6(3)7-5/h4H,1-3H3. The molecule has 0 unspecified atom stereocenters. The maximum Gasteiger partial charge on any atom is 0.0307 e. The molecule has 0 aromatic heterocycles. The largest absolute Gasteiger partial charge is 0.238 e. The summed E-state index contributed by atoms with van der Waals surface area (Å²) in [5.41, 5.74) is 0. The van der Waals surface area contributed by atoms with Crippen molar-refractivity contribution in [3.8, 4) is 0 Å². The predicted octanol–water partition coefficient (Wildman–Crippen LogP) is 2.13. The van der Waals surface area contributed by atoms with Crippen molar-refractivity contribution in [3.63, 3.8) is 0 Å². The monoisotopic (exact) mass is 139 g/mol. The molecule has 0 N–H and O–H groups in total. The minimum Gasteiger partial charge on any atom is -0.238 e. The van der Waals surface area contributed by atoms with Crippen molar-refractivity contribution in [2.75, 3.05) is 7.05 Å². The van der Waals surface area contributed by atoms with Gasteiger partial charge in [0.05, 0.1) is 0 Å². The van der Waals surface area contributed by atoms with Crippen LogP contribution in [0.2, 0.25) is 0 Å². The van der Waals surface area contributed by atoms with Crippen molar-refractivity contribution < 1.29 is 0 Å². The van der Waals surface area contributed by atoms with Gasteiger partial charge in [-0.2, -0.15) is 0 Å². The van der Waals surface area contributed by atoms with E-state index in [2.05, 4.69) is 13.8 Å². The zero-order valence-corrected chi connectivity index (χ0v) is 6.38. The molecule has 0 aromatic carbocycles. The lowest BCUT2D eigenvalue weighted by Gasteiger charge is -2.13. The topological polar surface area (TPSA) is 3.24 Å². The van der Waals surface area contributed by atoms with Gasteiger partial charge in [-0.05, 0) is 31.6 Å². The second kappa shape index (κ2) is 3.58. The molecule has 0 aliphatic rings. The van der Waals surface area contributed by atoms with Crippen molar-refractivity contribution in [2.45, 2.75) is 19.9 Å². The fraction of sp³-hybridized carbons (Fsp3) is 1.00. The SMILES string of the molecule is CC(C)N(C)SCl. The molecule has 0 saturated heterocycles. The molecule has 1 nitrogen and oxygen atoms in total. The van der Waals surface area contributed by atoms with E-state index in [1.807, 2.05) is 11.4 Å². The molecular formula is C4H10ClNS. The lowest BCUT2D eigenvalue weighted by atomic mass is 10.4. The Morgan fingerprint density at radius 3 is 2.00 bits per heavy atom. The summed E-state index contributed by atoms with van der Waals surface area (Å²) in [7, 11) is 7.35. The van der Waals surface area contributed by atoms with E-state index in [9.17, 15) is 0 Å². The number of nitrogens with zero attached hydrogens (tertiary/aromatic N) is 1. The minimum atomic E-state index is 0.530. The smallest absolute Gasteiger partial charge is 0.0307 e. The Bertz CT molecular complexity index is 49.0. The Hall–Kier alpha value is 0.600. The lowest BCUT2D eigenvalue weighted by molar-refractivity contribution is 0.473. The molecular weight excluding hydrogens is 130 g/mol. The van der Waals surface area contributed by atoms with E-state index in [4.69, 9.17) is 10.7 Å². The van der Waals surface area contributed by atoms with Crippen molar-refractivity contribution in [1.82, 2.24) is 4.31 Å². The second-order valence-corrected chi connectivity index (χ2v) is 2.84. The molecule has 0 rings (SSSR count). The molecule has 0 aliphatic carbocycles. The van der Waals surface area contributed by atoms with Crippen LogP contribution < -0.4 is 0 Å². The number of hydrogen-bond acceptors (Lipinski definition) is 2. The van der Waals surface area contributed by atoms with Crippen LogP contribution in [0.1, 0.15) is 13.8 Å². The second-order valence-electron chi connectivity index (χ2n) is 1.71. The highest BCUT2D eigenvalue weighted by Gasteiger charge is 1.98. The Labute approximate surface area is 53.7 Å². The molecule has 44 valence electrons. The number of hydrogen-bond donors (Lipinski definition) is 0. The zero-order chi connectivity index (χ0) is 5.86. The van der Waals surface area contributed by atoms with Gasteiger partial charge in [0.2, 0.25) is 0 Å². The molecule has 7 heavy (non-hydrogen) atoms. The van der Waals surface area contributed by atoms with Gasteiger partial charge in [0.1, 0.15) is 0 Å². The molecule has 0 bridgehead atoms. The average Bonchev–Trinajstić information content (AvgIpc) is 1.65. The van der Waals surface area contributed by atoms with Gasteiger partial charge >= 0.3 is 0 Å². The van der Waals surface area contributed by atoms with Crippen LogP contribution in [0.15, 0.2) is 0 Å². The number of rotatable bonds is 2. The first-order valence-corrected chi connectivity index (χ1v) is 3.80. The zero-order valence-electron chi connectivity index (χ0n) is 4.81. The summed E-state index contributed by atoms with van der Waals surface area (Å²) in [6.45, 7) is 4.19. The van der Waals surface area contributed by atoms with Crippen LogP contribution in [0.3, 0.4) is 0 Å². The van der Waals surface area contributed by atoms with Crippen molar-refractivity contribution in [3.05, 3.63) is 0 Å². The normalized spacial score (nSPS) is 11.1. The van der Waals surface area contributed by atoms with Crippen molar-refractivity contribution >= 4 is 21.8 Å². The molecule has 0 fully saturated rings. The van der Waals surface area contributed by atoms with E-state index < -0.39 is 0 Å². The molecule has 0 spiro atoms. The van der Waals surface area contributed by atoms with Gasteiger partial charge in [0, 0.05) is 17.2 Å². The van der Waals surface area contributed by atoms with Gasteiger partial charge in [-0.15, -0.1) is 0 Å². The highest BCUT2D eigenvalue weighted by molar-refractivity contribution is 8.19. The fourth-order valence-corrected chi connectivity index (χ4v) is 0.717. The Morgan fingerprint density at radius 2 is 2.00 bits per heavy atom. The molecule has 0 heterocycles. The first-order valence-electron chi connectivity index (χ1n) is 2.20. The third-order valence-corrected chi connectivity index (χ3v) is 2.13. The summed E-state index contributed by atoms with van der Waals surface area (Å²) in [6.07, 6.45) is 0. The van der Waals surface area contributed by atoms with E-state index in [0.717, 1.165) is 0 Å². The van der Waals surface area contributed by atoms with Gasteiger partial charge in [-0.3, -0.25) is 0 Å². The first kappa shape index (κ1) is 7.60. The van der Waals surface area contributed by atoms with Crippen molar-refractivity contribution in [1.29, 1.82) is 0 Å². The summed E-state index contributed by atoms with van der Waals surface area (Å²) < 4.78 is 1.97. The van der Waals surface area contributed by atoms with Crippen LogP contribution in [0, 0.1) is 0 Å². The third-order valence-electron chi connectivity index (χ3n) is 0.836. The Kier molecular flexibility index (Phi) is 3.89. The maximum absolute atomic E-state index is 5.39. The van der Waals surface area contributed by atoms with Gasteiger partial charge in [0.25, 0.3) is 0 Å². The molecule has 0 aliphatic heterocycles. The minimum absolute atomic E-state index is 0.530. The van der Waals surface area contributed by atoms with E-state index in [0.29, 0.717) is 6.04 Å². The molecule has 0 atom stereocenters. The fourth-order valence-electron chi connectivity index (χ4n) is 0.0797. The van der Waals surface area contributed by atoms with E-state index in [1.165, 1.54) is 11.2 Å². The predicted molar refractivity (Wildman–Crippen MR) is 36.3 cm³/mol. The van der Waals surface area contributed by atoms with E-state index >= 15 is 0 Å². The van der Waals surface area contributed by atoms with Crippen LogP contribution in [0.4, 0.5) is 0 Å². The molecule has 0 amide bonds. The van der Waals surface area contributed by atoms with Crippen LogP contribution in [-0.2, 0) is 0 Å². The molecule has 3 heteroatoms. The van der Waals surface area contributed by atoms with Crippen LogP contribution >= 0.6 is 21.8 Å². The summed E-state index contributed by atoms with van der Waals surface area (Å²) in [4.78, 5) is 0. The van der Waals surface area contributed by atoms with E-state index in [1.54, 1.807) is 0 Å². The van der Waals surface area contributed by atoms with Gasteiger partial charge in [0.15, 0.2) is 0 Å². The van der Waals surface area contributed by atoms with Crippen molar-refractivity contribution in [2.24, 2.45) is 0 Å². The first-order chi connectivity index (χ1) is 3.18. The third kappa shape index (κ3) is 3.21. The molecule has 0 radical (unpaired) electrons. The van der Waals surface area contributed by atoms with Gasteiger partial charge < -0.3 is 0 Å². The van der Waals surface area contributed by atoms with Crippen LogP contribution in [0.25, 0.3) is 0 Å². The quantitative estimate of drug-likeness (QED) is 0.540. The molecule has 0 saturated carbocycles. The average molecular weight is 140 g/mol. The molecule has 0 aromatic rings. The number of halogens is 1. The Balaban J connectivity index is 3.14. The van der Waals surface area contributed by atoms with Crippen LogP contribution in [-0.4, -0.2) is 17.4 Å². The summed E-state index contributed by atoms with van der Waals surface area (Å²) in [5.74, 6) is 0. The maximum atomic E-state index is 5.39. The van der Waals surface area contributed by atoms with Gasteiger partial charge in [-0.1, -0.05) is 0 Å². The summed E-state index contributed by atoms with van der Waals surface area (Å²) in [5, 5.41) is 0. The Morgan fingerprint density at radius 1 is 1.57 bits per heavy atom. The van der Waals surface area contributed by atoms with E-state index in [-0.39, 0.29) is 0 Å². The highest BCUT2D eigenvalue weighted by Crippen LogP contribution is 2.13. The highest BCUT2D eigenvalue weighted by atomic mass is 35.7. The summed E-state index contributed by atoms with van der Waals surface area (Å²) in [6, 6.07) is 0.530. The van der Waals surface area contributed by atoms with Gasteiger partial charge in [-0.25, -0.2) is 4.31 Å². The lowest BCUT2D eigenvalue weighted by Crippen LogP contribution is -2.16. The summed E-state index contributed by atoms with van der Waals surface area (Å²) >= 11 is 1.24. The van der Waals surface area contributed by atoms with Crippen LogP contribution in [0.5, 0.6) is 0 Å².